The molecule has 1 aromatic carbocycles. The fourth-order valence-electron chi connectivity index (χ4n) is 4.96. The van der Waals surface area contributed by atoms with Crippen LogP contribution in [0.3, 0.4) is 0 Å². The van der Waals surface area contributed by atoms with Crippen LogP contribution in [0.5, 0.6) is 5.75 Å². The Morgan fingerprint density at radius 3 is 2.54 bits per heavy atom. The van der Waals surface area contributed by atoms with Crippen molar-refractivity contribution in [2.24, 2.45) is 11.8 Å². The van der Waals surface area contributed by atoms with Crippen molar-refractivity contribution in [3.05, 3.63) is 29.8 Å². The molecule has 0 spiro atoms. The molecule has 35 heavy (non-hydrogen) atoms. The van der Waals surface area contributed by atoms with Gasteiger partial charge in [0.1, 0.15) is 5.75 Å². The second kappa shape index (κ2) is 14.9. The molecule has 1 aromatic rings. The number of carboxylic acids is 1. The minimum Gasteiger partial charge on any atom is -0.497 e. The van der Waals surface area contributed by atoms with Gasteiger partial charge in [-0.3, -0.25) is 14.4 Å². The number of aliphatic carboxylic acids is 1. The fraction of sp³-hybridized carbons (Fsp3) is 0.654. The van der Waals surface area contributed by atoms with Crippen LogP contribution in [0.4, 0.5) is 0 Å². The number of hydrogen-bond donors (Lipinski definition) is 3. The fourth-order valence-corrected chi connectivity index (χ4v) is 4.96. The molecule has 196 valence electrons. The number of carbonyl (C=O) groups is 3. The molecule has 2 aliphatic heterocycles. The van der Waals surface area contributed by atoms with E-state index in [4.69, 9.17) is 4.74 Å². The Hall–Kier alpha value is -2.32. The number of aryl methyl sites for hydroxylation is 1. The first-order chi connectivity index (χ1) is 16.4. The number of amides is 2. The SMILES string of the molecule is COc1ccc(CC[C@H](CC(=O)O)NC(=O)[C@@H]2CCCN(C(=O)CCC3CCNCC3)C2)cc1.Cl. The zero-order chi connectivity index (χ0) is 24.3. The van der Waals surface area contributed by atoms with E-state index in [0.717, 1.165) is 56.5 Å². The highest BCUT2D eigenvalue weighted by Gasteiger charge is 2.30. The molecule has 2 aliphatic rings. The lowest BCUT2D eigenvalue weighted by atomic mass is 9.92. The Kier molecular flexibility index (Phi) is 12.3. The van der Waals surface area contributed by atoms with Crippen LogP contribution in [-0.2, 0) is 20.8 Å². The molecule has 2 heterocycles. The number of likely N-dealkylation sites (tertiary alicyclic amines) is 1. The molecule has 9 heteroatoms. The number of benzene rings is 1. The van der Waals surface area contributed by atoms with Gasteiger partial charge in [-0.15, -0.1) is 12.4 Å². The van der Waals surface area contributed by atoms with Gasteiger partial charge in [-0.05, 0) is 81.6 Å². The van der Waals surface area contributed by atoms with Gasteiger partial charge in [0, 0.05) is 25.6 Å². The largest absolute Gasteiger partial charge is 0.497 e. The monoisotopic (exact) mass is 509 g/mol. The summed E-state index contributed by atoms with van der Waals surface area (Å²) in [6, 6.07) is 7.20. The molecule has 0 aromatic heterocycles. The van der Waals surface area contributed by atoms with Gasteiger partial charge in [-0.2, -0.15) is 0 Å². The first kappa shape index (κ1) is 28.9. The number of methoxy groups -OCH3 is 1. The van der Waals surface area contributed by atoms with E-state index in [1.54, 1.807) is 7.11 Å². The summed E-state index contributed by atoms with van der Waals surface area (Å²) in [6.07, 6.45) is 6.31. The van der Waals surface area contributed by atoms with Crippen molar-refractivity contribution in [2.45, 2.75) is 63.8 Å². The van der Waals surface area contributed by atoms with E-state index in [1.807, 2.05) is 29.2 Å². The van der Waals surface area contributed by atoms with Gasteiger partial charge in [0.15, 0.2) is 0 Å². The summed E-state index contributed by atoms with van der Waals surface area (Å²) in [7, 11) is 1.61. The zero-order valence-corrected chi connectivity index (χ0v) is 21.5. The summed E-state index contributed by atoms with van der Waals surface area (Å²) < 4.78 is 5.17. The lowest BCUT2D eigenvalue weighted by Gasteiger charge is -2.33. The van der Waals surface area contributed by atoms with Crippen molar-refractivity contribution < 1.29 is 24.2 Å². The molecule has 2 saturated heterocycles. The van der Waals surface area contributed by atoms with Crippen LogP contribution in [0.2, 0.25) is 0 Å². The van der Waals surface area contributed by atoms with Crippen molar-refractivity contribution in [3.8, 4) is 5.75 Å². The Balaban J connectivity index is 0.00000432. The predicted octanol–water partition coefficient (Wildman–Crippen LogP) is 3.03. The van der Waals surface area contributed by atoms with Crippen molar-refractivity contribution in [1.29, 1.82) is 0 Å². The van der Waals surface area contributed by atoms with Crippen molar-refractivity contribution in [3.63, 3.8) is 0 Å². The molecule has 0 radical (unpaired) electrons. The average molecular weight is 510 g/mol. The average Bonchev–Trinajstić information content (AvgIpc) is 2.86. The van der Waals surface area contributed by atoms with E-state index in [-0.39, 0.29) is 36.6 Å². The van der Waals surface area contributed by atoms with E-state index in [1.165, 1.54) is 0 Å². The van der Waals surface area contributed by atoms with Crippen LogP contribution in [0.1, 0.15) is 56.9 Å². The van der Waals surface area contributed by atoms with Crippen molar-refractivity contribution in [1.82, 2.24) is 15.5 Å². The number of nitrogens with zero attached hydrogens (tertiary/aromatic N) is 1. The minimum absolute atomic E-state index is 0. The zero-order valence-electron chi connectivity index (χ0n) is 20.7. The van der Waals surface area contributed by atoms with Crippen LogP contribution < -0.4 is 15.4 Å². The Labute approximate surface area is 214 Å². The third-order valence-electron chi connectivity index (χ3n) is 7.08. The van der Waals surface area contributed by atoms with E-state index >= 15 is 0 Å². The molecule has 8 nitrogen and oxygen atoms in total. The highest BCUT2D eigenvalue weighted by molar-refractivity contribution is 5.85. The van der Waals surface area contributed by atoms with Gasteiger partial charge in [-0.1, -0.05) is 12.1 Å². The molecule has 0 bridgehead atoms. The van der Waals surface area contributed by atoms with E-state index in [2.05, 4.69) is 10.6 Å². The van der Waals surface area contributed by atoms with Gasteiger partial charge in [0.2, 0.25) is 11.8 Å². The smallest absolute Gasteiger partial charge is 0.305 e. The van der Waals surface area contributed by atoms with Gasteiger partial charge < -0.3 is 25.4 Å². The van der Waals surface area contributed by atoms with E-state index in [0.29, 0.717) is 38.3 Å². The van der Waals surface area contributed by atoms with Gasteiger partial charge in [0.25, 0.3) is 0 Å². The number of halogens is 1. The number of rotatable bonds is 11. The first-order valence-electron chi connectivity index (χ1n) is 12.6. The number of nitrogens with one attached hydrogen (secondary N) is 2. The summed E-state index contributed by atoms with van der Waals surface area (Å²) in [5, 5.41) is 15.6. The van der Waals surface area contributed by atoms with Crippen LogP contribution in [0.25, 0.3) is 0 Å². The standard InChI is InChI=1S/C26H39N3O5.ClH/c1-34-23-9-5-19(6-10-23)4-8-22(17-25(31)32)28-26(33)21-3-2-16-29(18-21)24(30)11-7-20-12-14-27-15-13-20;/h5-6,9-10,20-22,27H,2-4,7-8,11-18H2,1H3,(H,28,33)(H,31,32);1H/t21-,22-;/m1./s1. The van der Waals surface area contributed by atoms with E-state index in [9.17, 15) is 19.5 Å². The molecule has 0 saturated carbocycles. The summed E-state index contributed by atoms with van der Waals surface area (Å²) in [4.78, 5) is 39.0. The van der Waals surface area contributed by atoms with Crippen LogP contribution in [0.15, 0.2) is 24.3 Å². The lowest BCUT2D eigenvalue weighted by molar-refractivity contribution is -0.138. The van der Waals surface area contributed by atoms with Crippen LogP contribution in [0, 0.1) is 11.8 Å². The minimum atomic E-state index is -0.932. The Bertz CT molecular complexity index is 814. The summed E-state index contributed by atoms with van der Waals surface area (Å²) in [5.41, 5.74) is 1.06. The van der Waals surface area contributed by atoms with Gasteiger partial charge in [0.05, 0.1) is 19.4 Å². The lowest BCUT2D eigenvalue weighted by Crippen LogP contribution is -2.48. The summed E-state index contributed by atoms with van der Waals surface area (Å²) >= 11 is 0. The second-order valence-corrected chi connectivity index (χ2v) is 9.60. The summed E-state index contributed by atoms with van der Waals surface area (Å²) in [6.45, 7) is 3.18. The number of carboxylic acid groups (broad SMARTS) is 1. The first-order valence-corrected chi connectivity index (χ1v) is 12.6. The number of hydrogen-bond acceptors (Lipinski definition) is 5. The predicted molar refractivity (Wildman–Crippen MR) is 137 cm³/mol. The topological polar surface area (TPSA) is 108 Å². The Morgan fingerprint density at radius 2 is 1.89 bits per heavy atom. The molecule has 0 unspecified atom stereocenters. The number of ether oxygens (including phenoxy) is 1. The molecule has 2 amide bonds. The highest BCUT2D eigenvalue weighted by atomic mass is 35.5. The second-order valence-electron chi connectivity index (χ2n) is 9.60. The van der Waals surface area contributed by atoms with Gasteiger partial charge >= 0.3 is 5.97 Å². The summed E-state index contributed by atoms with van der Waals surface area (Å²) in [5.74, 6) is 0.157. The maximum absolute atomic E-state index is 13.0. The quantitative estimate of drug-likeness (QED) is 0.423. The number of carbonyl (C=O) groups excluding carboxylic acids is 2. The number of piperidine rings is 2. The third kappa shape index (κ3) is 9.68. The molecule has 3 N–H and O–H groups in total. The molecule has 2 atom stereocenters. The molecular weight excluding hydrogens is 470 g/mol. The third-order valence-corrected chi connectivity index (χ3v) is 7.08. The maximum Gasteiger partial charge on any atom is 0.305 e. The molecule has 0 aliphatic carbocycles. The maximum atomic E-state index is 13.0. The van der Waals surface area contributed by atoms with Crippen molar-refractivity contribution >= 4 is 30.2 Å². The van der Waals surface area contributed by atoms with Gasteiger partial charge in [-0.25, -0.2) is 0 Å². The van der Waals surface area contributed by atoms with E-state index < -0.39 is 12.0 Å². The van der Waals surface area contributed by atoms with Crippen LogP contribution in [-0.4, -0.2) is 67.1 Å². The van der Waals surface area contributed by atoms with Crippen molar-refractivity contribution in [2.75, 3.05) is 33.3 Å². The molecule has 2 fully saturated rings. The highest BCUT2D eigenvalue weighted by Crippen LogP contribution is 2.22. The Morgan fingerprint density at radius 1 is 1.17 bits per heavy atom. The normalized spacial score (nSPS) is 19.3. The van der Waals surface area contributed by atoms with Crippen LogP contribution >= 0.6 is 12.4 Å². The molecular formula is C26H40ClN3O5. The molecule has 3 rings (SSSR count).